The van der Waals surface area contributed by atoms with Crippen LogP contribution >= 0.6 is 24.0 Å². The van der Waals surface area contributed by atoms with Gasteiger partial charge in [0.1, 0.15) is 0 Å². The first-order chi connectivity index (χ1) is 7.69. The molecule has 0 fully saturated rings. The fourth-order valence-corrected chi connectivity index (χ4v) is 1.70. The standard InChI is InChI=1S/C12H28N4.HI/c1-5-10-15(6-2)11-9-14-12(13)16(7-3)8-4;/h5-11H2,1-4H3,(H2,13,14);1H. The van der Waals surface area contributed by atoms with Gasteiger partial charge < -0.3 is 15.5 Å². The Balaban J connectivity index is 0. The first kappa shape index (κ1) is 19.3. The Bertz CT molecular complexity index is 193. The minimum absolute atomic E-state index is 0. The van der Waals surface area contributed by atoms with E-state index in [0.29, 0.717) is 5.96 Å². The highest BCUT2D eigenvalue weighted by Gasteiger charge is 2.02. The highest BCUT2D eigenvalue weighted by Crippen LogP contribution is 1.92. The van der Waals surface area contributed by atoms with Crippen molar-refractivity contribution in [1.82, 2.24) is 9.80 Å². The van der Waals surface area contributed by atoms with Gasteiger partial charge in [0.05, 0.1) is 6.54 Å². The Labute approximate surface area is 124 Å². The maximum atomic E-state index is 5.90. The average molecular weight is 356 g/mol. The van der Waals surface area contributed by atoms with E-state index in [4.69, 9.17) is 5.73 Å². The van der Waals surface area contributed by atoms with Gasteiger partial charge in [-0.25, -0.2) is 0 Å². The maximum Gasteiger partial charge on any atom is 0.191 e. The number of guanidine groups is 1. The molecule has 0 amide bonds. The van der Waals surface area contributed by atoms with Crippen molar-refractivity contribution in [2.45, 2.75) is 34.1 Å². The molecule has 2 N–H and O–H groups in total. The van der Waals surface area contributed by atoms with Gasteiger partial charge in [0.25, 0.3) is 0 Å². The molecule has 4 nitrogen and oxygen atoms in total. The zero-order valence-corrected chi connectivity index (χ0v) is 14.1. The normalized spacial score (nSPS) is 11.5. The van der Waals surface area contributed by atoms with E-state index < -0.39 is 0 Å². The molecule has 0 unspecified atom stereocenters. The molecule has 0 saturated carbocycles. The SMILES string of the molecule is CCCN(CC)CCN=C(N)N(CC)CC.I. The van der Waals surface area contributed by atoms with E-state index in [9.17, 15) is 0 Å². The van der Waals surface area contributed by atoms with Gasteiger partial charge in [0, 0.05) is 19.6 Å². The van der Waals surface area contributed by atoms with Crippen LogP contribution in [0.4, 0.5) is 0 Å². The Morgan fingerprint density at radius 1 is 1.00 bits per heavy atom. The van der Waals surface area contributed by atoms with Gasteiger partial charge in [0.2, 0.25) is 0 Å². The highest BCUT2D eigenvalue weighted by atomic mass is 127. The second kappa shape index (κ2) is 12.4. The summed E-state index contributed by atoms with van der Waals surface area (Å²) in [6.45, 7) is 14.5. The molecular formula is C12H29IN4. The van der Waals surface area contributed by atoms with Crippen LogP contribution in [0.5, 0.6) is 0 Å². The first-order valence-corrected chi connectivity index (χ1v) is 6.46. The Kier molecular flexibility index (Phi) is 14.1. The van der Waals surface area contributed by atoms with Crippen LogP contribution in [0, 0.1) is 0 Å². The number of halogens is 1. The molecule has 0 aromatic heterocycles. The van der Waals surface area contributed by atoms with Gasteiger partial charge >= 0.3 is 0 Å². The van der Waals surface area contributed by atoms with Crippen LogP contribution in [0.1, 0.15) is 34.1 Å². The van der Waals surface area contributed by atoms with Crippen molar-refractivity contribution in [2.24, 2.45) is 10.7 Å². The zero-order valence-electron chi connectivity index (χ0n) is 11.8. The summed E-state index contributed by atoms with van der Waals surface area (Å²) < 4.78 is 0. The highest BCUT2D eigenvalue weighted by molar-refractivity contribution is 14.0. The summed E-state index contributed by atoms with van der Waals surface area (Å²) in [6, 6.07) is 0. The summed E-state index contributed by atoms with van der Waals surface area (Å²) in [6.07, 6.45) is 1.20. The Morgan fingerprint density at radius 2 is 1.59 bits per heavy atom. The maximum absolute atomic E-state index is 5.90. The van der Waals surface area contributed by atoms with Crippen molar-refractivity contribution in [3.8, 4) is 0 Å². The number of rotatable bonds is 8. The summed E-state index contributed by atoms with van der Waals surface area (Å²) in [4.78, 5) is 8.90. The molecular weight excluding hydrogens is 327 g/mol. The molecule has 0 saturated heterocycles. The summed E-state index contributed by atoms with van der Waals surface area (Å²) >= 11 is 0. The van der Waals surface area contributed by atoms with Crippen molar-refractivity contribution in [3.63, 3.8) is 0 Å². The van der Waals surface area contributed by atoms with E-state index in [1.165, 1.54) is 6.42 Å². The predicted molar refractivity (Wildman–Crippen MR) is 87.2 cm³/mol. The second-order valence-corrected chi connectivity index (χ2v) is 3.85. The molecule has 104 valence electrons. The minimum Gasteiger partial charge on any atom is -0.370 e. The molecule has 0 aliphatic heterocycles. The molecule has 5 heteroatoms. The van der Waals surface area contributed by atoms with Crippen LogP contribution in [0.3, 0.4) is 0 Å². The fourth-order valence-electron chi connectivity index (χ4n) is 1.70. The molecule has 0 atom stereocenters. The smallest absolute Gasteiger partial charge is 0.191 e. The van der Waals surface area contributed by atoms with Crippen LogP contribution < -0.4 is 5.73 Å². The third kappa shape index (κ3) is 8.65. The van der Waals surface area contributed by atoms with Crippen LogP contribution in [-0.4, -0.2) is 55.0 Å². The van der Waals surface area contributed by atoms with E-state index in [0.717, 1.165) is 39.3 Å². The Morgan fingerprint density at radius 3 is 2.00 bits per heavy atom. The molecule has 0 heterocycles. The number of likely N-dealkylation sites (N-methyl/N-ethyl adjacent to an activating group) is 1. The lowest BCUT2D eigenvalue weighted by Crippen LogP contribution is -2.37. The van der Waals surface area contributed by atoms with Gasteiger partial charge in [0.15, 0.2) is 5.96 Å². The van der Waals surface area contributed by atoms with Gasteiger partial charge in [-0.1, -0.05) is 13.8 Å². The van der Waals surface area contributed by atoms with Crippen molar-refractivity contribution in [2.75, 3.05) is 39.3 Å². The third-order valence-electron chi connectivity index (χ3n) is 2.76. The molecule has 0 aliphatic carbocycles. The van der Waals surface area contributed by atoms with Gasteiger partial charge in [-0.2, -0.15) is 0 Å². The molecule has 0 aromatic carbocycles. The number of aliphatic imine (C=N–C) groups is 1. The van der Waals surface area contributed by atoms with E-state index in [1.807, 2.05) is 0 Å². The monoisotopic (exact) mass is 356 g/mol. The molecule has 0 spiro atoms. The molecule has 0 aliphatic rings. The number of hydrogen-bond acceptors (Lipinski definition) is 2. The van der Waals surface area contributed by atoms with Crippen LogP contribution in [-0.2, 0) is 0 Å². The summed E-state index contributed by atoms with van der Waals surface area (Å²) in [5.41, 5.74) is 5.90. The van der Waals surface area contributed by atoms with E-state index in [1.54, 1.807) is 0 Å². The average Bonchev–Trinajstić information content (AvgIpc) is 2.29. The summed E-state index contributed by atoms with van der Waals surface area (Å²) in [5.74, 6) is 0.678. The first-order valence-electron chi connectivity index (χ1n) is 6.46. The lowest BCUT2D eigenvalue weighted by atomic mass is 10.4. The largest absolute Gasteiger partial charge is 0.370 e. The molecule has 17 heavy (non-hydrogen) atoms. The van der Waals surface area contributed by atoms with Crippen molar-refractivity contribution in [3.05, 3.63) is 0 Å². The van der Waals surface area contributed by atoms with Crippen LogP contribution in [0.25, 0.3) is 0 Å². The minimum atomic E-state index is 0. The van der Waals surface area contributed by atoms with E-state index in [-0.39, 0.29) is 24.0 Å². The lowest BCUT2D eigenvalue weighted by molar-refractivity contribution is 0.296. The topological polar surface area (TPSA) is 44.9 Å². The summed E-state index contributed by atoms with van der Waals surface area (Å²) in [5, 5.41) is 0. The second-order valence-electron chi connectivity index (χ2n) is 3.85. The fraction of sp³-hybridized carbons (Fsp3) is 0.917. The van der Waals surface area contributed by atoms with Crippen molar-refractivity contribution >= 4 is 29.9 Å². The van der Waals surface area contributed by atoms with Gasteiger partial charge in [-0.05, 0) is 33.4 Å². The van der Waals surface area contributed by atoms with Crippen LogP contribution in [0.2, 0.25) is 0 Å². The molecule has 0 radical (unpaired) electrons. The molecule has 0 bridgehead atoms. The van der Waals surface area contributed by atoms with E-state index >= 15 is 0 Å². The third-order valence-corrected chi connectivity index (χ3v) is 2.76. The number of nitrogens with zero attached hydrogens (tertiary/aromatic N) is 3. The number of hydrogen-bond donors (Lipinski definition) is 1. The number of nitrogens with two attached hydrogens (primary N) is 1. The van der Waals surface area contributed by atoms with Gasteiger partial charge in [-0.15, -0.1) is 24.0 Å². The van der Waals surface area contributed by atoms with Crippen molar-refractivity contribution < 1.29 is 0 Å². The molecule has 0 aromatic rings. The lowest BCUT2D eigenvalue weighted by Gasteiger charge is -2.21. The van der Waals surface area contributed by atoms with E-state index in [2.05, 4.69) is 42.5 Å². The summed E-state index contributed by atoms with van der Waals surface area (Å²) in [7, 11) is 0. The quantitative estimate of drug-likeness (QED) is 0.411. The zero-order chi connectivity index (χ0) is 12.4. The molecule has 0 rings (SSSR count). The van der Waals surface area contributed by atoms with Crippen molar-refractivity contribution in [1.29, 1.82) is 0 Å². The Hall–Kier alpha value is -0.0400. The predicted octanol–water partition coefficient (Wildman–Crippen LogP) is 1.99. The van der Waals surface area contributed by atoms with Gasteiger partial charge in [-0.3, -0.25) is 4.99 Å². The van der Waals surface area contributed by atoms with Crippen LogP contribution in [0.15, 0.2) is 4.99 Å².